The number of thiophene rings is 1. The number of aryl methyl sites for hydroxylation is 1. The number of imidazole rings is 1. The molecule has 160 valence electrons. The van der Waals surface area contributed by atoms with Gasteiger partial charge in [0.25, 0.3) is 5.91 Å². The van der Waals surface area contributed by atoms with Crippen LogP contribution in [0.5, 0.6) is 5.75 Å². The fraction of sp³-hybridized carbons (Fsp3) is 0.261. The first-order chi connectivity index (χ1) is 15.1. The number of ether oxygens (including phenoxy) is 1. The Balaban J connectivity index is 1.67. The summed E-state index contributed by atoms with van der Waals surface area (Å²) in [4.78, 5) is 32.3. The maximum atomic E-state index is 13.2. The third-order valence-electron chi connectivity index (χ3n) is 5.15. The number of amides is 1. The van der Waals surface area contributed by atoms with E-state index >= 15 is 0 Å². The molecule has 0 radical (unpaired) electrons. The van der Waals surface area contributed by atoms with Crippen molar-refractivity contribution in [2.24, 2.45) is 0 Å². The SMILES string of the molecule is CCOc1cccc([C@H]2C(C(=O)c3cccs3)=C(O)C(=O)N2CCCn2ccnc2)c1. The Kier molecular flexibility index (Phi) is 6.18. The van der Waals surface area contributed by atoms with Gasteiger partial charge in [0.2, 0.25) is 5.78 Å². The van der Waals surface area contributed by atoms with Crippen LogP contribution in [0.15, 0.2) is 71.8 Å². The molecule has 31 heavy (non-hydrogen) atoms. The number of nitrogens with zero attached hydrogens (tertiary/aromatic N) is 3. The molecule has 8 heteroatoms. The zero-order valence-corrected chi connectivity index (χ0v) is 17.9. The van der Waals surface area contributed by atoms with E-state index in [2.05, 4.69) is 4.98 Å². The summed E-state index contributed by atoms with van der Waals surface area (Å²) in [6.45, 7) is 3.45. The van der Waals surface area contributed by atoms with Crippen molar-refractivity contribution in [3.63, 3.8) is 0 Å². The highest BCUT2D eigenvalue weighted by Gasteiger charge is 2.43. The van der Waals surface area contributed by atoms with Crippen LogP contribution in [0.4, 0.5) is 0 Å². The monoisotopic (exact) mass is 437 g/mol. The van der Waals surface area contributed by atoms with E-state index in [1.165, 1.54) is 11.3 Å². The molecule has 0 aliphatic carbocycles. The molecule has 4 rings (SSSR count). The van der Waals surface area contributed by atoms with Crippen LogP contribution in [0.2, 0.25) is 0 Å². The van der Waals surface area contributed by atoms with Gasteiger partial charge < -0.3 is 19.3 Å². The van der Waals surface area contributed by atoms with Gasteiger partial charge in [0.15, 0.2) is 5.76 Å². The van der Waals surface area contributed by atoms with Gasteiger partial charge in [-0.15, -0.1) is 11.3 Å². The number of aromatic nitrogens is 2. The Morgan fingerprint density at radius 3 is 2.84 bits per heavy atom. The van der Waals surface area contributed by atoms with Crippen LogP contribution in [0, 0.1) is 0 Å². The van der Waals surface area contributed by atoms with Crippen LogP contribution >= 0.6 is 11.3 Å². The van der Waals surface area contributed by atoms with Crippen LogP contribution in [-0.2, 0) is 11.3 Å². The second-order valence-corrected chi connectivity index (χ2v) is 8.08. The molecule has 3 heterocycles. The standard InChI is InChI=1S/C23H23N3O4S/c1-2-30-17-7-3-6-16(14-17)20-19(21(27)18-8-4-13-31-18)22(28)23(29)26(20)11-5-10-25-12-9-24-15-25/h3-4,6-9,12-15,20,28H,2,5,10-11H2,1H3/t20-/m0/s1. The molecule has 0 spiro atoms. The minimum Gasteiger partial charge on any atom is -0.503 e. The van der Waals surface area contributed by atoms with E-state index in [-0.39, 0.29) is 11.4 Å². The lowest BCUT2D eigenvalue weighted by Gasteiger charge is -2.27. The lowest BCUT2D eigenvalue weighted by Crippen LogP contribution is -2.32. The van der Waals surface area contributed by atoms with Crippen LogP contribution in [0.1, 0.15) is 34.6 Å². The van der Waals surface area contributed by atoms with E-state index in [9.17, 15) is 14.7 Å². The number of Topliss-reactive ketones (excluding diaryl/α,β-unsaturated/α-hetero) is 1. The van der Waals surface area contributed by atoms with Crippen molar-refractivity contribution in [2.45, 2.75) is 25.9 Å². The third kappa shape index (κ3) is 4.25. The number of hydrogen-bond donors (Lipinski definition) is 1. The molecule has 1 aliphatic heterocycles. The molecule has 1 atom stereocenters. The van der Waals surface area contributed by atoms with Gasteiger partial charge in [-0.3, -0.25) is 9.59 Å². The van der Waals surface area contributed by atoms with E-state index in [4.69, 9.17) is 4.74 Å². The summed E-state index contributed by atoms with van der Waals surface area (Å²) in [5.41, 5.74) is 0.842. The Hall–Kier alpha value is -3.39. The van der Waals surface area contributed by atoms with Crippen LogP contribution < -0.4 is 4.74 Å². The van der Waals surface area contributed by atoms with Crippen LogP contribution in [0.25, 0.3) is 0 Å². The highest BCUT2D eigenvalue weighted by Crippen LogP contribution is 2.40. The predicted octanol–water partition coefficient (Wildman–Crippen LogP) is 4.01. The second-order valence-electron chi connectivity index (χ2n) is 7.13. The molecule has 2 aromatic heterocycles. The van der Waals surface area contributed by atoms with Crippen molar-refractivity contribution >= 4 is 23.0 Å². The first kappa shape index (κ1) is 20.9. The van der Waals surface area contributed by atoms with E-state index in [1.807, 2.05) is 42.0 Å². The van der Waals surface area contributed by atoms with E-state index in [0.29, 0.717) is 36.7 Å². The average Bonchev–Trinajstić information content (AvgIpc) is 3.52. The van der Waals surface area contributed by atoms with Crippen molar-refractivity contribution in [1.82, 2.24) is 14.5 Å². The molecule has 1 aromatic carbocycles. The van der Waals surface area contributed by atoms with Crippen molar-refractivity contribution in [1.29, 1.82) is 0 Å². The quantitative estimate of drug-likeness (QED) is 0.511. The van der Waals surface area contributed by atoms with Gasteiger partial charge >= 0.3 is 0 Å². The van der Waals surface area contributed by atoms with Gasteiger partial charge in [-0.1, -0.05) is 18.2 Å². The summed E-state index contributed by atoms with van der Waals surface area (Å²) in [6.07, 6.45) is 5.93. The predicted molar refractivity (Wildman–Crippen MR) is 117 cm³/mol. The van der Waals surface area contributed by atoms with Crippen molar-refractivity contribution in [3.05, 3.63) is 82.3 Å². The van der Waals surface area contributed by atoms with Crippen LogP contribution in [-0.4, -0.2) is 44.4 Å². The fourth-order valence-electron chi connectivity index (χ4n) is 3.79. The molecule has 3 aromatic rings. The number of carbonyl (C=O) groups excluding carboxylic acids is 2. The minimum absolute atomic E-state index is 0.115. The number of aliphatic hydroxyl groups excluding tert-OH is 1. The summed E-state index contributed by atoms with van der Waals surface area (Å²) >= 11 is 1.29. The van der Waals surface area contributed by atoms with Gasteiger partial charge in [0.05, 0.1) is 29.4 Å². The molecule has 7 nitrogen and oxygen atoms in total. The molecule has 0 saturated carbocycles. The van der Waals surface area contributed by atoms with Crippen molar-refractivity contribution in [3.8, 4) is 5.75 Å². The lowest BCUT2D eigenvalue weighted by molar-refractivity contribution is -0.129. The van der Waals surface area contributed by atoms with Gasteiger partial charge in [0, 0.05) is 25.5 Å². The lowest BCUT2D eigenvalue weighted by atomic mass is 9.95. The van der Waals surface area contributed by atoms with Gasteiger partial charge in [-0.2, -0.15) is 0 Å². The first-order valence-corrected chi connectivity index (χ1v) is 11.0. The maximum Gasteiger partial charge on any atom is 0.290 e. The first-order valence-electron chi connectivity index (χ1n) is 10.1. The highest BCUT2D eigenvalue weighted by atomic mass is 32.1. The molecule has 1 amide bonds. The van der Waals surface area contributed by atoms with Gasteiger partial charge in [-0.05, 0) is 42.5 Å². The molecular formula is C23H23N3O4S. The summed E-state index contributed by atoms with van der Waals surface area (Å²) in [6, 6.07) is 10.1. The molecule has 0 saturated heterocycles. The molecule has 0 fully saturated rings. The maximum absolute atomic E-state index is 13.2. The van der Waals surface area contributed by atoms with E-state index in [0.717, 1.165) is 5.56 Å². The van der Waals surface area contributed by atoms with Gasteiger partial charge in [0.1, 0.15) is 5.75 Å². The Morgan fingerprint density at radius 2 is 2.13 bits per heavy atom. The largest absolute Gasteiger partial charge is 0.503 e. The van der Waals surface area contributed by atoms with E-state index < -0.39 is 17.7 Å². The second kappa shape index (κ2) is 9.18. The Labute approximate surface area is 184 Å². The number of ketones is 1. The van der Waals surface area contributed by atoms with E-state index in [1.54, 1.807) is 34.9 Å². The normalized spacial score (nSPS) is 16.2. The van der Waals surface area contributed by atoms with Crippen LogP contribution in [0.3, 0.4) is 0 Å². The summed E-state index contributed by atoms with van der Waals surface area (Å²) in [5, 5.41) is 12.5. The summed E-state index contributed by atoms with van der Waals surface area (Å²) in [7, 11) is 0. The highest BCUT2D eigenvalue weighted by molar-refractivity contribution is 7.12. The third-order valence-corrected chi connectivity index (χ3v) is 6.02. The number of benzene rings is 1. The van der Waals surface area contributed by atoms with Crippen molar-refractivity contribution < 1.29 is 19.4 Å². The Morgan fingerprint density at radius 1 is 1.26 bits per heavy atom. The molecule has 1 aliphatic rings. The Bertz CT molecular complexity index is 1090. The zero-order chi connectivity index (χ0) is 21.8. The minimum atomic E-state index is -0.676. The smallest absolute Gasteiger partial charge is 0.290 e. The van der Waals surface area contributed by atoms with Gasteiger partial charge in [-0.25, -0.2) is 4.98 Å². The molecular weight excluding hydrogens is 414 g/mol. The molecule has 0 bridgehead atoms. The number of hydrogen-bond acceptors (Lipinski definition) is 6. The van der Waals surface area contributed by atoms with Crippen molar-refractivity contribution in [2.75, 3.05) is 13.2 Å². The summed E-state index contributed by atoms with van der Waals surface area (Å²) < 4.78 is 7.54. The number of carbonyl (C=O) groups is 2. The fourth-order valence-corrected chi connectivity index (χ4v) is 4.46. The zero-order valence-electron chi connectivity index (χ0n) is 17.1. The number of aliphatic hydroxyl groups is 1. The average molecular weight is 438 g/mol. The topological polar surface area (TPSA) is 84.7 Å². The number of rotatable bonds is 9. The molecule has 1 N–H and O–H groups in total. The molecule has 0 unspecified atom stereocenters. The summed E-state index contributed by atoms with van der Waals surface area (Å²) in [5.74, 6) is -0.685.